The van der Waals surface area contributed by atoms with Gasteiger partial charge in [-0.2, -0.15) is 0 Å². The van der Waals surface area contributed by atoms with Gasteiger partial charge in [-0.05, 0) is 30.3 Å². The molecule has 0 bridgehead atoms. The maximum Gasteiger partial charge on any atom is 0.335 e. The fourth-order valence-corrected chi connectivity index (χ4v) is 2.23. The first-order chi connectivity index (χ1) is 9.06. The van der Waals surface area contributed by atoms with Crippen molar-refractivity contribution in [3.05, 3.63) is 58.3 Å². The summed E-state index contributed by atoms with van der Waals surface area (Å²) >= 11 is 3.33. The third-order valence-electron chi connectivity index (χ3n) is 2.70. The fourth-order valence-electron chi connectivity index (χ4n) is 1.74. The van der Waals surface area contributed by atoms with Gasteiger partial charge >= 0.3 is 5.97 Å². The Morgan fingerprint density at radius 3 is 2.79 bits per heavy atom. The molecule has 4 nitrogen and oxygen atoms in total. The maximum atomic E-state index is 11.0. The Morgan fingerprint density at radius 1 is 1.37 bits per heavy atom. The molecule has 0 saturated heterocycles. The quantitative estimate of drug-likeness (QED) is 0.940. The lowest BCUT2D eigenvalue weighted by molar-refractivity contribution is 0.0697. The van der Waals surface area contributed by atoms with Gasteiger partial charge in [-0.25, -0.2) is 4.79 Å². The number of rotatable bonds is 4. The summed E-state index contributed by atoms with van der Waals surface area (Å²) in [5, 5.41) is 9.05. The average molecular weight is 321 g/mol. The number of carboxylic acid groups (broad SMARTS) is 1. The van der Waals surface area contributed by atoms with Crippen molar-refractivity contribution >= 4 is 27.6 Å². The highest BCUT2D eigenvalue weighted by Crippen LogP contribution is 2.23. The van der Waals surface area contributed by atoms with Crippen LogP contribution in [0.1, 0.15) is 16.1 Å². The standard InChI is InChI=1S/C14H13BrN2O2/c1-17(9-12-4-2-3-5-16-12)13-7-10(14(18)19)6-11(15)8-13/h2-8H,9H2,1H3,(H,18,19). The average Bonchev–Trinajstić information content (AvgIpc) is 2.39. The lowest BCUT2D eigenvalue weighted by Gasteiger charge is -2.19. The predicted molar refractivity (Wildman–Crippen MR) is 77.4 cm³/mol. The molecule has 1 N–H and O–H groups in total. The summed E-state index contributed by atoms with van der Waals surface area (Å²) in [6, 6.07) is 10.9. The second-order valence-corrected chi connectivity index (χ2v) is 5.10. The lowest BCUT2D eigenvalue weighted by atomic mass is 10.2. The number of halogens is 1. The molecule has 0 fully saturated rings. The summed E-state index contributed by atoms with van der Waals surface area (Å²) in [5.74, 6) is -0.936. The Bertz CT molecular complexity index is 587. The van der Waals surface area contributed by atoms with Gasteiger partial charge in [0.15, 0.2) is 0 Å². The van der Waals surface area contributed by atoms with E-state index in [0.717, 1.165) is 15.9 Å². The van der Waals surface area contributed by atoms with Crippen LogP contribution in [-0.2, 0) is 6.54 Å². The fraction of sp³-hybridized carbons (Fsp3) is 0.143. The number of aromatic nitrogens is 1. The summed E-state index contributed by atoms with van der Waals surface area (Å²) in [6.07, 6.45) is 1.74. The van der Waals surface area contributed by atoms with E-state index in [1.165, 1.54) is 0 Å². The van der Waals surface area contributed by atoms with Crippen molar-refractivity contribution in [1.82, 2.24) is 4.98 Å². The van der Waals surface area contributed by atoms with Crippen molar-refractivity contribution in [3.63, 3.8) is 0 Å². The van der Waals surface area contributed by atoms with Gasteiger partial charge in [-0.1, -0.05) is 22.0 Å². The maximum absolute atomic E-state index is 11.0. The molecule has 2 rings (SSSR count). The highest BCUT2D eigenvalue weighted by Gasteiger charge is 2.09. The van der Waals surface area contributed by atoms with Crippen molar-refractivity contribution in [1.29, 1.82) is 0 Å². The molecule has 1 aromatic carbocycles. The summed E-state index contributed by atoms with van der Waals surface area (Å²) < 4.78 is 0.746. The van der Waals surface area contributed by atoms with E-state index >= 15 is 0 Å². The monoisotopic (exact) mass is 320 g/mol. The van der Waals surface area contributed by atoms with Crippen LogP contribution in [0, 0.1) is 0 Å². The minimum absolute atomic E-state index is 0.261. The number of carboxylic acids is 1. The highest BCUT2D eigenvalue weighted by molar-refractivity contribution is 9.10. The van der Waals surface area contributed by atoms with Crippen LogP contribution in [0.2, 0.25) is 0 Å². The van der Waals surface area contributed by atoms with Crippen molar-refractivity contribution in [2.45, 2.75) is 6.54 Å². The Hall–Kier alpha value is -1.88. The Balaban J connectivity index is 2.24. The largest absolute Gasteiger partial charge is 0.478 e. The van der Waals surface area contributed by atoms with Crippen molar-refractivity contribution in [3.8, 4) is 0 Å². The summed E-state index contributed by atoms with van der Waals surface area (Å²) in [6.45, 7) is 0.621. The van der Waals surface area contributed by atoms with Crippen molar-refractivity contribution in [2.75, 3.05) is 11.9 Å². The number of carbonyl (C=O) groups is 1. The van der Waals surface area contributed by atoms with Crippen LogP contribution >= 0.6 is 15.9 Å². The third-order valence-corrected chi connectivity index (χ3v) is 3.15. The minimum Gasteiger partial charge on any atom is -0.478 e. The number of aromatic carboxylic acids is 1. The molecule has 98 valence electrons. The molecule has 0 aliphatic heterocycles. The molecule has 0 aliphatic rings. The van der Waals surface area contributed by atoms with Gasteiger partial charge in [-0.15, -0.1) is 0 Å². The molecule has 1 heterocycles. The zero-order valence-electron chi connectivity index (χ0n) is 10.4. The number of hydrogen-bond donors (Lipinski definition) is 1. The molecule has 5 heteroatoms. The molecule has 19 heavy (non-hydrogen) atoms. The third kappa shape index (κ3) is 3.54. The van der Waals surface area contributed by atoms with Gasteiger partial charge in [0.05, 0.1) is 17.8 Å². The number of hydrogen-bond acceptors (Lipinski definition) is 3. The van der Waals surface area contributed by atoms with Gasteiger partial charge < -0.3 is 10.0 Å². The molecule has 2 aromatic rings. The number of benzene rings is 1. The van der Waals surface area contributed by atoms with E-state index in [-0.39, 0.29) is 5.56 Å². The minimum atomic E-state index is -0.936. The van der Waals surface area contributed by atoms with E-state index in [1.54, 1.807) is 18.3 Å². The van der Waals surface area contributed by atoms with Crippen LogP contribution in [0.4, 0.5) is 5.69 Å². The van der Waals surface area contributed by atoms with Gasteiger partial charge in [0.2, 0.25) is 0 Å². The molecule has 1 aromatic heterocycles. The molecule has 0 unspecified atom stereocenters. The van der Waals surface area contributed by atoms with Crippen molar-refractivity contribution in [2.24, 2.45) is 0 Å². The topological polar surface area (TPSA) is 53.4 Å². The van der Waals surface area contributed by atoms with E-state index in [0.29, 0.717) is 6.54 Å². The number of pyridine rings is 1. The molecule has 0 spiro atoms. The molecule has 0 aliphatic carbocycles. The van der Waals surface area contributed by atoms with Gasteiger partial charge in [-0.3, -0.25) is 4.98 Å². The highest BCUT2D eigenvalue weighted by atomic mass is 79.9. The van der Waals surface area contributed by atoms with Crippen molar-refractivity contribution < 1.29 is 9.90 Å². The SMILES string of the molecule is CN(Cc1ccccn1)c1cc(Br)cc(C(=O)O)c1. The first-order valence-electron chi connectivity index (χ1n) is 5.71. The van der Waals surface area contributed by atoms with E-state index < -0.39 is 5.97 Å². The van der Waals surface area contributed by atoms with Gasteiger partial charge in [0, 0.05) is 23.4 Å². The molecular weight excluding hydrogens is 308 g/mol. The van der Waals surface area contributed by atoms with E-state index in [4.69, 9.17) is 5.11 Å². The van der Waals surface area contributed by atoms with Gasteiger partial charge in [0.1, 0.15) is 0 Å². The Morgan fingerprint density at radius 2 is 2.16 bits per heavy atom. The Labute approximate surface area is 119 Å². The van der Waals surface area contributed by atoms with Crippen LogP contribution in [0.25, 0.3) is 0 Å². The van der Waals surface area contributed by atoms with E-state index in [1.807, 2.05) is 36.2 Å². The second-order valence-electron chi connectivity index (χ2n) is 4.18. The molecule has 0 atom stereocenters. The number of nitrogens with zero attached hydrogens (tertiary/aromatic N) is 2. The predicted octanol–water partition coefficient (Wildman–Crippen LogP) is 3.18. The number of anilines is 1. The molecule has 0 amide bonds. The van der Waals surface area contributed by atoms with Crippen LogP contribution in [0.15, 0.2) is 47.1 Å². The molecular formula is C14H13BrN2O2. The van der Waals surface area contributed by atoms with Crippen LogP contribution in [-0.4, -0.2) is 23.1 Å². The normalized spacial score (nSPS) is 10.2. The van der Waals surface area contributed by atoms with Gasteiger partial charge in [0.25, 0.3) is 0 Å². The summed E-state index contributed by atoms with van der Waals surface area (Å²) in [4.78, 5) is 17.2. The van der Waals surface area contributed by atoms with Crippen LogP contribution in [0.5, 0.6) is 0 Å². The summed E-state index contributed by atoms with van der Waals surface area (Å²) in [7, 11) is 1.90. The first-order valence-corrected chi connectivity index (χ1v) is 6.50. The van der Waals surface area contributed by atoms with Crippen LogP contribution < -0.4 is 4.90 Å². The van der Waals surface area contributed by atoms with E-state index in [2.05, 4.69) is 20.9 Å². The van der Waals surface area contributed by atoms with Crippen LogP contribution in [0.3, 0.4) is 0 Å². The van der Waals surface area contributed by atoms with E-state index in [9.17, 15) is 4.79 Å². The summed E-state index contributed by atoms with van der Waals surface area (Å²) in [5.41, 5.74) is 2.02. The first kappa shape index (κ1) is 13.5. The molecule has 0 saturated carbocycles. The second kappa shape index (κ2) is 5.84. The lowest BCUT2D eigenvalue weighted by Crippen LogP contribution is -2.17. The zero-order chi connectivity index (χ0) is 13.8. The zero-order valence-corrected chi connectivity index (χ0v) is 12.0. The Kier molecular flexibility index (Phi) is 4.16. The molecule has 0 radical (unpaired) electrons. The smallest absolute Gasteiger partial charge is 0.335 e.